The Hall–Kier alpha value is -2.96. The van der Waals surface area contributed by atoms with Crippen molar-refractivity contribution in [1.82, 2.24) is 15.5 Å². The fraction of sp³-hybridized carbons (Fsp3) is 0.350. The van der Waals surface area contributed by atoms with Crippen LogP contribution in [-0.4, -0.2) is 28.7 Å². The Morgan fingerprint density at radius 1 is 1.19 bits per heavy atom. The van der Waals surface area contributed by atoms with Crippen molar-refractivity contribution >= 4 is 16.8 Å². The van der Waals surface area contributed by atoms with Gasteiger partial charge in [0.05, 0.1) is 12.3 Å². The molecule has 0 bridgehead atoms. The van der Waals surface area contributed by atoms with Crippen LogP contribution >= 0.6 is 0 Å². The van der Waals surface area contributed by atoms with E-state index >= 15 is 0 Å². The van der Waals surface area contributed by atoms with Crippen LogP contribution < -0.4 is 10.1 Å². The highest BCUT2D eigenvalue weighted by Crippen LogP contribution is 2.31. The molecule has 2 aromatic heterocycles. The van der Waals surface area contributed by atoms with E-state index in [9.17, 15) is 9.18 Å². The highest BCUT2D eigenvalue weighted by atomic mass is 19.1. The molecule has 2 heterocycles. The minimum absolute atomic E-state index is 0.0834. The van der Waals surface area contributed by atoms with Crippen molar-refractivity contribution in [2.24, 2.45) is 5.92 Å². The second-order valence-electron chi connectivity index (χ2n) is 6.79. The van der Waals surface area contributed by atoms with Crippen molar-refractivity contribution in [2.45, 2.75) is 31.8 Å². The van der Waals surface area contributed by atoms with Crippen molar-refractivity contribution in [2.75, 3.05) is 6.54 Å². The molecule has 1 aromatic carbocycles. The number of carbonyl (C=O) groups is 1. The molecule has 1 saturated carbocycles. The van der Waals surface area contributed by atoms with Gasteiger partial charge in [-0.15, -0.1) is 0 Å². The van der Waals surface area contributed by atoms with Gasteiger partial charge in [0.25, 0.3) is 5.91 Å². The number of hydrogen-bond donors (Lipinski definition) is 1. The van der Waals surface area contributed by atoms with Crippen LogP contribution in [0.25, 0.3) is 10.9 Å². The molecule has 1 aliphatic rings. The Bertz CT molecular complexity index is 921. The van der Waals surface area contributed by atoms with Crippen molar-refractivity contribution in [3.63, 3.8) is 0 Å². The van der Waals surface area contributed by atoms with E-state index in [4.69, 9.17) is 9.26 Å². The van der Waals surface area contributed by atoms with Crippen LogP contribution in [0.2, 0.25) is 0 Å². The summed E-state index contributed by atoms with van der Waals surface area (Å²) >= 11 is 0. The number of nitrogens with one attached hydrogen (secondary N) is 1. The maximum Gasteiger partial charge on any atom is 0.289 e. The largest absolute Gasteiger partial charge is 0.490 e. The first-order valence-electron chi connectivity index (χ1n) is 9.09. The fourth-order valence-electron chi connectivity index (χ4n) is 3.51. The first-order chi connectivity index (χ1) is 13.2. The molecule has 27 heavy (non-hydrogen) atoms. The third-order valence-corrected chi connectivity index (χ3v) is 4.98. The second kappa shape index (κ2) is 7.73. The average molecular weight is 369 g/mol. The van der Waals surface area contributed by atoms with Crippen LogP contribution in [-0.2, 0) is 0 Å². The van der Waals surface area contributed by atoms with E-state index in [1.807, 2.05) is 6.07 Å². The van der Waals surface area contributed by atoms with E-state index in [0.717, 1.165) is 25.7 Å². The van der Waals surface area contributed by atoms with Gasteiger partial charge in [-0.1, -0.05) is 11.2 Å². The Balaban J connectivity index is 1.31. The third-order valence-electron chi connectivity index (χ3n) is 4.98. The maximum atomic E-state index is 13.9. The van der Waals surface area contributed by atoms with E-state index < -0.39 is 0 Å². The van der Waals surface area contributed by atoms with Crippen LogP contribution in [0.15, 0.2) is 47.2 Å². The van der Waals surface area contributed by atoms with Crippen molar-refractivity contribution in [1.29, 1.82) is 0 Å². The summed E-state index contributed by atoms with van der Waals surface area (Å²) in [4.78, 5) is 16.0. The summed E-state index contributed by atoms with van der Waals surface area (Å²) in [7, 11) is 0. The Morgan fingerprint density at radius 3 is 2.81 bits per heavy atom. The molecular weight excluding hydrogens is 349 g/mol. The van der Waals surface area contributed by atoms with Crippen molar-refractivity contribution in [3.8, 4) is 5.75 Å². The van der Waals surface area contributed by atoms with E-state index in [2.05, 4.69) is 15.5 Å². The number of ether oxygens (including phenoxy) is 1. The first-order valence-corrected chi connectivity index (χ1v) is 9.09. The number of aromatic nitrogens is 2. The Morgan fingerprint density at radius 2 is 2.04 bits per heavy atom. The van der Waals surface area contributed by atoms with E-state index in [1.165, 1.54) is 12.3 Å². The van der Waals surface area contributed by atoms with Gasteiger partial charge in [-0.2, -0.15) is 0 Å². The number of halogens is 1. The molecule has 1 amide bonds. The summed E-state index contributed by atoms with van der Waals surface area (Å²) in [6.07, 6.45) is 6.80. The number of hydrogen-bond acceptors (Lipinski definition) is 5. The van der Waals surface area contributed by atoms with Crippen molar-refractivity contribution < 1.29 is 18.4 Å². The first kappa shape index (κ1) is 17.5. The highest BCUT2D eigenvalue weighted by Gasteiger charge is 2.24. The second-order valence-corrected chi connectivity index (χ2v) is 6.79. The number of amides is 1. The predicted octanol–water partition coefficient (Wildman–Crippen LogP) is 3.73. The van der Waals surface area contributed by atoms with Crippen LogP contribution in [0.4, 0.5) is 4.39 Å². The average Bonchev–Trinajstić information content (AvgIpc) is 3.23. The molecule has 0 radical (unpaired) electrons. The summed E-state index contributed by atoms with van der Waals surface area (Å²) in [6.45, 7) is 0.607. The lowest BCUT2D eigenvalue weighted by molar-refractivity contribution is 0.0893. The number of fused-ring (bicyclic) bond motifs is 1. The summed E-state index contributed by atoms with van der Waals surface area (Å²) < 4.78 is 24.9. The number of para-hydroxylation sites is 1. The van der Waals surface area contributed by atoms with Crippen molar-refractivity contribution in [3.05, 3.63) is 54.3 Å². The zero-order valence-corrected chi connectivity index (χ0v) is 14.7. The minimum Gasteiger partial charge on any atom is -0.490 e. The van der Waals surface area contributed by atoms with Crippen LogP contribution in [0.5, 0.6) is 5.75 Å². The summed E-state index contributed by atoms with van der Waals surface area (Å²) in [5.74, 6) is 0.717. The molecule has 0 saturated heterocycles. The van der Waals surface area contributed by atoms with E-state index in [0.29, 0.717) is 29.1 Å². The van der Waals surface area contributed by atoms with Crippen LogP contribution in [0.1, 0.15) is 36.2 Å². The van der Waals surface area contributed by atoms with Crippen LogP contribution in [0.3, 0.4) is 0 Å². The molecule has 1 fully saturated rings. The van der Waals surface area contributed by atoms with Gasteiger partial charge in [0, 0.05) is 24.2 Å². The Labute approximate surface area is 155 Å². The van der Waals surface area contributed by atoms with Gasteiger partial charge in [0.1, 0.15) is 17.1 Å². The molecule has 0 atom stereocenters. The highest BCUT2D eigenvalue weighted by molar-refractivity contribution is 5.91. The normalized spacial score (nSPS) is 19.7. The monoisotopic (exact) mass is 369 g/mol. The van der Waals surface area contributed by atoms with Gasteiger partial charge in [-0.3, -0.25) is 9.78 Å². The number of benzene rings is 1. The lowest BCUT2D eigenvalue weighted by Crippen LogP contribution is -2.33. The van der Waals surface area contributed by atoms with Gasteiger partial charge in [0.2, 0.25) is 5.76 Å². The van der Waals surface area contributed by atoms with Crippen LogP contribution in [0, 0.1) is 11.7 Å². The standard InChI is InChI=1S/C20H20FN3O3/c21-16-3-1-2-15-17(8-10-22-19(15)16)26-14-6-4-13(5-7-14)12-23-20(25)18-9-11-24-27-18/h1-3,8-11,13-14H,4-7,12H2,(H,23,25)/t13-,14-. The molecule has 4 rings (SSSR count). The van der Waals surface area contributed by atoms with Gasteiger partial charge in [0.15, 0.2) is 0 Å². The van der Waals surface area contributed by atoms with Gasteiger partial charge in [-0.25, -0.2) is 4.39 Å². The lowest BCUT2D eigenvalue weighted by Gasteiger charge is -2.29. The number of carbonyl (C=O) groups excluding carboxylic acids is 1. The molecular formula is C20H20FN3O3. The molecule has 0 unspecified atom stereocenters. The summed E-state index contributed by atoms with van der Waals surface area (Å²) in [5, 5.41) is 7.11. The summed E-state index contributed by atoms with van der Waals surface area (Å²) in [6, 6.07) is 8.22. The lowest BCUT2D eigenvalue weighted by atomic mass is 9.87. The smallest absolute Gasteiger partial charge is 0.289 e. The van der Waals surface area contributed by atoms with Gasteiger partial charge < -0.3 is 14.6 Å². The molecule has 0 spiro atoms. The Kier molecular flexibility index (Phi) is 5.00. The SMILES string of the molecule is O=C(NC[C@H]1CC[C@H](Oc2ccnc3c(F)cccc23)CC1)c1ccno1. The molecule has 3 aromatic rings. The molecule has 0 aliphatic heterocycles. The third kappa shape index (κ3) is 3.92. The zero-order valence-electron chi connectivity index (χ0n) is 14.7. The maximum absolute atomic E-state index is 13.9. The molecule has 6 nitrogen and oxygen atoms in total. The van der Waals surface area contributed by atoms with Gasteiger partial charge in [-0.05, 0) is 49.8 Å². The number of nitrogens with zero attached hydrogens (tertiary/aromatic N) is 2. The minimum atomic E-state index is -0.343. The van der Waals surface area contributed by atoms with E-state index in [-0.39, 0.29) is 23.6 Å². The fourth-order valence-corrected chi connectivity index (χ4v) is 3.51. The topological polar surface area (TPSA) is 77.2 Å². The van der Waals surface area contributed by atoms with E-state index in [1.54, 1.807) is 24.4 Å². The molecule has 140 valence electrons. The molecule has 1 N–H and O–H groups in total. The number of rotatable bonds is 5. The molecule has 1 aliphatic carbocycles. The van der Waals surface area contributed by atoms with Gasteiger partial charge >= 0.3 is 0 Å². The number of pyridine rings is 1. The quantitative estimate of drug-likeness (QED) is 0.741. The zero-order chi connectivity index (χ0) is 18.6. The molecule has 7 heteroatoms. The summed E-state index contributed by atoms with van der Waals surface area (Å²) in [5.41, 5.74) is 0.332. The predicted molar refractivity (Wildman–Crippen MR) is 96.9 cm³/mol.